The van der Waals surface area contributed by atoms with Crippen molar-refractivity contribution in [3.05, 3.63) is 49.0 Å². The van der Waals surface area contributed by atoms with Crippen LogP contribution in [0.2, 0.25) is 0 Å². The van der Waals surface area contributed by atoms with Crippen molar-refractivity contribution in [2.45, 2.75) is 20.8 Å². The third kappa shape index (κ3) is 2.45. The maximum absolute atomic E-state index is 2.34. The monoisotopic (exact) mass is 322 g/mol. The second-order valence-corrected chi connectivity index (χ2v) is 9.00. The number of thiophene rings is 3. The van der Waals surface area contributed by atoms with E-state index in [1.54, 1.807) is 0 Å². The second kappa shape index (κ2) is 5.49. The molecule has 0 unspecified atom stereocenters. The molecule has 0 nitrogen and oxygen atoms in total. The SMILES string of the molecule is Cc1cscc1P(c1cscc1C)c1cscc1C. The van der Waals surface area contributed by atoms with Gasteiger partial charge >= 0.3 is 0 Å². The molecule has 0 saturated heterocycles. The molecule has 0 saturated carbocycles. The summed E-state index contributed by atoms with van der Waals surface area (Å²) < 4.78 is 0. The standard InChI is InChI=1S/C15H15PS3/c1-10-4-17-7-13(10)16(14-8-18-5-11(14)2)15-9-19-6-12(15)3/h4-9H,1-3H3. The topological polar surface area (TPSA) is 0 Å². The number of hydrogen-bond donors (Lipinski definition) is 0. The molecule has 3 rings (SSSR count). The average molecular weight is 322 g/mol. The van der Waals surface area contributed by atoms with E-state index in [4.69, 9.17) is 0 Å². The van der Waals surface area contributed by atoms with Crippen molar-refractivity contribution in [1.29, 1.82) is 0 Å². The maximum atomic E-state index is 2.34. The van der Waals surface area contributed by atoms with Gasteiger partial charge in [0.2, 0.25) is 0 Å². The number of rotatable bonds is 3. The van der Waals surface area contributed by atoms with Gasteiger partial charge in [0.25, 0.3) is 0 Å². The summed E-state index contributed by atoms with van der Waals surface area (Å²) in [5.41, 5.74) is 4.31. The first kappa shape index (κ1) is 13.5. The molecule has 98 valence electrons. The summed E-state index contributed by atoms with van der Waals surface area (Å²) in [6.07, 6.45) is 0. The van der Waals surface area contributed by atoms with E-state index in [1.165, 1.54) is 32.6 Å². The maximum Gasteiger partial charge on any atom is -0.000686 e. The third-order valence-corrected chi connectivity index (χ3v) is 9.21. The van der Waals surface area contributed by atoms with E-state index in [9.17, 15) is 0 Å². The quantitative estimate of drug-likeness (QED) is 0.620. The van der Waals surface area contributed by atoms with E-state index in [1.807, 2.05) is 34.0 Å². The molecule has 0 bridgehead atoms. The molecule has 3 aromatic rings. The van der Waals surface area contributed by atoms with Crippen LogP contribution in [-0.4, -0.2) is 0 Å². The molecule has 0 aliphatic rings. The minimum absolute atomic E-state index is 0.366. The Morgan fingerprint density at radius 2 is 0.895 bits per heavy atom. The minimum atomic E-state index is -0.366. The molecule has 0 N–H and O–H groups in total. The molecular formula is C15H15PS3. The van der Waals surface area contributed by atoms with Gasteiger partial charge in [-0.1, -0.05) is 0 Å². The second-order valence-electron chi connectivity index (χ2n) is 4.66. The first-order valence-corrected chi connectivity index (χ1v) is 10.2. The summed E-state index contributed by atoms with van der Waals surface area (Å²) in [6, 6.07) is 0. The van der Waals surface area contributed by atoms with Crippen molar-refractivity contribution in [1.82, 2.24) is 0 Å². The molecule has 3 heterocycles. The number of hydrogen-bond acceptors (Lipinski definition) is 3. The van der Waals surface area contributed by atoms with Crippen molar-refractivity contribution in [2.24, 2.45) is 0 Å². The van der Waals surface area contributed by atoms with Crippen LogP contribution in [0.25, 0.3) is 0 Å². The lowest BCUT2D eigenvalue weighted by atomic mass is 10.4. The molecule has 3 aromatic heterocycles. The molecule has 0 fully saturated rings. The van der Waals surface area contributed by atoms with Gasteiger partial charge in [-0.05, 0) is 93.6 Å². The summed E-state index contributed by atoms with van der Waals surface area (Å²) in [5, 5.41) is 18.4. The van der Waals surface area contributed by atoms with Crippen LogP contribution in [0, 0.1) is 20.8 Å². The molecule has 0 atom stereocenters. The predicted molar refractivity (Wildman–Crippen MR) is 93.0 cm³/mol. The van der Waals surface area contributed by atoms with Gasteiger partial charge in [-0.25, -0.2) is 0 Å². The highest BCUT2D eigenvalue weighted by atomic mass is 32.1. The highest BCUT2D eigenvalue weighted by Gasteiger charge is 2.23. The summed E-state index contributed by atoms with van der Waals surface area (Å²) in [5.74, 6) is 0. The van der Waals surface area contributed by atoms with E-state index < -0.39 is 0 Å². The molecule has 0 aliphatic carbocycles. The van der Waals surface area contributed by atoms with Crippen molar-refractivity contribution >= 4 is 57.8 Å². The third-order valence-electron chi connectivity index (χ3n) is 3.21. The van der Waals surface area contributed by atoms with Crippen LogP contribution in [0.5, 0.6) is 0 Å². The van der Waals surface area contributed by atoms with E-state index in [-0.39, 0.29) is 7.92 Å². The zero-order valence-corrected chi connectivity index (χ0v) is 14.5. The van der Waals surface area contributed by atoms with Crippen LogP contribution in [0.15, 0.2) is 32.3 Å². The van der Waals surface area contributed by atoms with Crippen LogP contribution in [0.4, 0.5) is 0 Å². The van der Waals surface area contributed by atoms with Gasteiger partial charge in [-0.15, -0.1) is 0 Å². The largest absolute Gasteiger partial charge is 0.151 e. The Hall–Kier alpha value is -0.470. The lowest BCUT2D eigenvalue weighted by molar-refractivity contribution is 1.57. The predicted octanol–water partition coefficient (Wildman–Crippen LogP) is 4.55. The van der Waals surface area contributed by atoms with Crippen molar-refractivity contribution in [2.75, 3.05) is 0 Å². The zero-order valence-electron chi connectivity index (χ0n) is 11.1. The normalized spacial score (nSPS) is 11.4. The van der Waals surface area contributed by atoms with Gasteiger partial charge in [-0.2, -0.15) is 34.0 Å². The molecule has 4 heteroatoms. The fourth-order valence-electron chi connectivity index (χ4n) is 2.14. The molecule has 0 amide bonds. The van der Waals surface area contributed by atoms with E-state index in [0.29, 0.717) is 0 Å². The van der Waals surface area contributed by atoms with Crippen LogP contribution in [0.1, 0.15) is 16.7 Å². The van der Waals surface area contributed by atoms with Crippen molar-refractivity contribution in [3.63, 3.8) is 0 Å². The smallest absolute Gasteiger partial charge is 0.000686 e. The average Bonchev–Trinajstić information content (AvgIpc) is 3.07. The summed E-state index contributed by atoms with van der Waals surface area (Å²) in [7, 11) is -0.366. The Balaban J connectivity index is 2.20. The summed E-state index contributed by atoms with van der Waals surface area (Å²) in [6.45, 7) is 6.72. The molecule has 0 aliphatic heterocycles. The van der Waals surface area contributed by atoms with Gasteiger partial charge in [0.1, 0.15) is 0 Å². The van der Waals surface area contributed by atoms with Gasteiger partial charge in [-0.3, -0.25) is 0 Å². The van der Waals surface area contributed by atoms with Gasteiger partial charge in [0.05, 0.1) is 0 Å². The fraction of sp³-hybridized carbons (Fsp3) is 0.200. The van der Waals surface area contributed by atoms with Gasteiger partial charge in [0.15, 0.2) is 0 Å². The van der Waals surface area contributed by atoms with Crippen LogP contribution in [-0.2, 0) is 0 Å². The number of aryl methyl sites for hydroxylation is 3. The Morgan fingerprint density at radius 3 is 1.11 bits per heavy atom. The Kier molecular flexibility index (Phi) is 3.91. The molecule has 0 aromatic carbocycles. The molecule has 0 spiro atoms. The highest BCUT2D eigenvalue weighted by Crippen LogP contribution is 2.39. The van der Waals surface area contributed by atoms with E-state index >= 15 is 0 Å². The Labute approximate surface area is 127 Å². The molecule has 0 radical (unpaired) electrons. The molecule has 19 heavy (non-hydrogen) atoms. The van der Waals surface area contributed by atoms with Gasteiger partial charge < -0.3 is 0 Å². The van der Waals surface area contributed by atoms with E-state index in [2.05, 4.69) is 53.1 Å². The lowest BCUT2D eigenvalue weighted by Crippen LogP contribution is -2.21. The first-order valence-electron chi connectivity index (χ1n) is 6.07. The van der Waals surface area contributed by atoms with E-state index in [0.717, 1.165) is 0 Å². The van der Waals surface area contributed by atoms with Crippen LogP contribution >= 0.6 is 41.9 Å². The minimum Gasteiger partial charge on any atom is -0.151 e. The lowest BCUT2D eigenvalue weighted by Gasteiger charge is -2.18. The van der Waals surface area contributed by atoms with Gasteiger partial charge in [0, 0.05) is 0 Å². The summed E-state index contributed by atoms with van der Waals surface area (Å²) in [4.78, 5) is 0. The fourth-order valence-corrected chi connectivity index (χ4v) is 8.38. The first-order chi connectivity index (χ1) is 9.18. The van der Waals surface area contributed by atoms with Crippen LogP contribution in [0.3, 0.4) is 0 Å². The zero-order chi connectivity index (χ0) is 13.4. The molecular weight excluding hydrogens is 307 g/mol. The highest BCUT2D eigenvalue weighted by molar-refractivity contribution is 7.80. The van der Waals surface area contributed by atoms with Crippen molar-refractivity contribution < 1.29 is 0 Å². The Morgan fingerprint density at radius 1 is 0.579 bits per heavy atom. The van der Waals surface area contributed by atoms with Crippen molar-refractivity contribution in [3.8, 4) is 0 Å². The Bertz CT molecular complexity index is 594. The van der Waals surface area contributed by atoms with Crippen LogP contribution < -0.4 is 15.9 Å². The summed E-state index contributed by atoms with van der Waals surface area (Å²) >= 11 is 5.47.